The summed E-state index contributed by atoms with van der Waals surface area (Å²) in [6, 6.07) is 5.46. The van der Waals surface area contributed by atoms with Crippen LogP contribution in [0.15, 0.2) is 18.2 Å². The maximum Gasteiger partial charge on any atom is 0.219 e. The average Bonchev–Trinajstić information content (AvgIpc) is 2.42. The van der Waals surface area contributed by atoms with Crippen molar-refractivity contribution in [3.8, 4) is 11.5 Å². The van der Waals surface area contributed by atoms with Crippen molar-refractivity contribution in [1.82, 2.24) is 5.32 Å². The predicted octanol–water partition coefficient (Wildman–Crippen LogP) is 1.62. The van der Waals surface area contributed by atoms with Gasteiger partial charge in [0.1, 0.15) is 11.5 Å². The van der Waals surface area contributed by atoms with Crippen LogP contribution in [0, 0.1) is 0 Å². The highest BCUT2D eigenvalue weighted by atomic mass is 16.5. The van der Waals surface area contributed by atoms with E-state index in [1.807, 2.05) is 25.1 Å². The summed E-state index contributed by atoms with van der Waals surface area (Å²) in [7, 11) is 3.23. The van der Waals surface area contributed by atoms with E-state index in [0.717, 1.165) is 11.3 Å². The summed E-state index contributed by atoms with van der Waals surface area (Å²) < 4.78 is 10.9. The Balaban J connectivity index is 2.62. The van der Waals surface area contributed by atoms with Crippen molar-refractivity contribution in [2.75, 3.05) is 20.8 Å². The molecule has 0 fully saturated rings. The van der Waals surface area contributed by atoms with Crippen molar-refractivity contribution in [1.29, 1.82) is 0 Å². The normalized spacial score (nSPS) is 11.8. The highest BCUT2D eigenvalue weighted by Crippen LogP contribution is 2.28. The molecule has 0 saturated carbocycles. The lowest BCUT2D eigenvalue weighted by Gasteiger charge is -2.15. The van der Waals surface area contributed by atoms with Gasteiger partial charge in [0, 0.05) is 31.1 Å². The molecule has 1 aromatic carbocycles. The molecule has 0 aliphatic carbocycles. The van der Waals surface area contributed by atoms with E-state index in [-0.39, 0.29) is 11.9 Å². The van der Waals surface area contributed by atoms with Gasteiger partial charge < -0.3 is 20.5 Å². The second kappa shape index (κ2) is 7.63. The molecule has 1 aromatic rings. The topological polar surface area (TPSA) is 73.6 Å². The molecule has 5 nitrogen and oxygen atoms in total. The SMILES string of the molecule is CNC(=O)CCCOc1cc(OC)ccc1[C@@H](C)N. The van der Waals surface area contributed by atoms with E-state index >= 15 is 0 Å². The third-order valence-corrected chi connectivity index (χ3v) is 2.80. The van der Waals surface area contributed by atoms with Crippen LogP contribution < -0.4 is 20.5 Å². The van der Waals surface area contributed by atoms with Crippen molar-refractivity contribution >= 4 is 5.91 Å². The van der Waals surface area contributed by atoms with E-state index in [2.05, 4.69) is 5.32 Å². The van der Waals surface area contributed by atoms with E-state index in [4.69, 9.17) is 15.2 Å². The minimum atomic E-state index is -0.111. The molecule has 0 unspecified atom stereocenters. The van der Waals surface area contributed by atoms with Crippen LogP contribution in [0.2, 0.25) is 0 Å². The van der Waals surface area contributed by atoms with E-state index in [0.29, 0.717) is 25.2 Å². The number of nitrogens with two attached hydrogens (primary N) is 1. The average molecular weight is 266 g/mol. The van der Waals surface area contributed by atoms with Crippen molar-refractivity contribution in [2.24, 2.45) is 5.73 Å². The molecule has 0 aromatic heterocycles. The van der Waals surface area contributed by atoms with Gasteiger partial charge in [0.15, 0.2) is 0 Å². The standard InChI is InChI=1S/C14H22N2O3/c1-10(15)12-7-6-11(18-3)9-13(12)19-8-4-5-14(17)16-2/h6-7,9-10H,4-5,8,15H2,1-3H3,(H,16,17)/t10-/m1/s1. The van der Waals surface area contributed by atoms with Gasteiger partial charge in [0.2, 0.25) is 5.91 Å². The number of carbonyl (C=O) groups is 1. The minimum Gasteiger partial charge on any atom is -0.497 e. The van der Waals surface area contributed by atoms with Gasteiger partial charge in [-0.2, -0.15) is 0 Å². The highest BCUT2D eigenvalue weighted by Gasteiger charge is 2.10. The van der Waals surface area contributed by atoms with Gasteiger partial charge in [0.05, 0.1) is 13.7 Å². The highest BCUT2D eigenvalue weighted by molar-refractivity contribution is 5.75. The number of rotatable bonds is 7. The van der Waals surface area contributed by atoms with E-state index in [1.54, 1.807) is 14.2 Å². The number of amides is 1. The summed E-state index contributed by atoms with van der Waals surface area (Å²) in [5.74, 6) is 1.46. The largest absolute Gasteiger partial charge is 0.497 e. The van der Waals surface area contributed by atoms with Crippen LogP contribution in [0.4, 0.5) is 0 Å². The van der Waals surface area contributed by atoms with Crippen molar-refractivity contribution < 1.29 is 14.3 Å². The maximum atomic E-state index is 11.1. The Labute approximate surface area is 114 Å². The molecule has 3 N–H and O–H groups in total. The molecule has 0 bridgehead atoms. The zero-order valence-electron chi connectivity index (χ0n) is 11.7. The fraction of sp³-hybridized carbons (Fsp3) is 0.500. The van der Waals surface area contributed by atoms with Gasteiger partial charge in [-0.1, -0.05) is 6.07 Å². The Morgan fingerprint density at radius 1 is 1.47 bits per heavy atom. The molecule has 19 heavy (non-hydrogen) atoms. The van der Waals surface area contributed by atoms with Gasteiger partial charge in [-0.25, -0.2) is 0 Å². The Morgan fingerprint density at radius 2 is 2.21 bits per heavy atom. The van der Waals surface area contributed by atoms with Crippen LogP contribution in [0.5, 0.6) is 11.5 Å². The van der Waals surface area contributed by atoms with Crippen LogP contribution in [0.3, 0.4) is 0 Å². The molecule has 0 aliphatic heterocycles. The van der Waals surface area contributed by atoms with Crippen LogP contribution in [-0.4, -0.2) is 26.7 Å². The molecule has 0 radical (unpaired) electrons. The Hall–Kier alpha value is -1.75. The lowest BCUT2D eigenvalue weighted by molar-refractivity contribution is -0.120. The first kappa shape index (κ1) is 15.3. The van der Waals surface area contributed by atoms with Gasteiger partial charge in [-0.05, 0) is 19.4 Å². The predicted molar refractivity (Wildman–Crippen MR) is 74.4 cm³/mol. The van der Waals surface area contributed by atoms with Gasteiger partial charge >= 0.3 is 0 Å². The molecule has 0 saturated heterocycles. The third-order valence-electron chi connectivity index (χ3n) is 2.80. The fourth-order valence-electron chi connectivity index (χ4n) is 1.68. The molecular weight excluding hydrogens is 244 g/mol. The smallest absolute Gasteiger partial charge is 0.219 e. The van der Waals surface area contributed by atoms with Crippen molar-refractivity contribution in [2.45, 2.75) is 25.8 Å². The first-order valence-corrected chi connectivity index (χ1v) is 6.35. The summed E-state index contributed by atoms with van der Waals surface area (Å²) >= 11 is 0. The van der Waals surface area contributed by atoms with Gasteiger partial charge in [0.25, 0.3) is 0 Å². The maximum absolute atomic E-state index is 11.1. The van der Waals surface area contributed by atoms with Gasteiger partial charge in [-0.3, -0.25) is 4.79 Å². The molecule has 106 valence electrons. The number of hydrogen-bond donors (Lipinski definition) is 2. The molecule has 0 spiro atoms. The van der Waals surface area contributed by atoms with E-state index in [9.17, 15) is 4.79 Å². The number of hydrogen-bond acceptors (Lipinski definition) is 4. The Morgan fingerprint density at radius 3 is 2.79 bits per heavy atom. The molecule has 5 heteroatoms. The number of ether oxygens (including phenoxy) is 2. The summed E-state index contributed by atoms with van der Waals surface area (Å²) in [5.41, 5.74) is 6.83. The second-order valence-corrected chi connectivity index (χ2v) is 4.32. The number of methoxy groups -OCH3 is 1. The molecular formula is C14H22N2O3. The Bertz CT molecular complexity index is 419. The molecule has 1 atom stereocenters. The molecule has 0 heterocycles. The molecule has 1 amide bonds. The van der Waals surface area contributed by atoms with Crippen LogP contribution in [0.1, 0.15) is 31.4 Å². The lowest BCUT2D eigenvalue weighted by Crippen LogP contribution is -2.18. The first-order valence-electron chi connectivity index (χ1n) is 6.35. The summed E-state index contributed by atoms with van der Waals surface area (Å²) in [6.45, 7) is 2.37. The number of benzene rings is 1. The Kier molecular flexibility index (Phi) is 6.15. The molecule has 0 aliphatic rings. The monoisotopic (exact) mass is 266 g/mol. The van der Waals surface area contributed by atoms with Crippen molar-refractivity contribution in [3.05, 3.63) is 23.8 Å². The van der Waals surface area contributed by atoms with E-state index in [1.165, 1.54) is 0 Å². The summed E-state index contributed by atoms with van der Waals surface area (Å²) in [6.07, 6.45) is 1.11. The lowest BCUT2D eigenvalue weighted by atomic mass is 10.1. The zero-order valence-corrected chi connectivity index (χ0v) is 11.7. The molecule has 1 rings (SSSR count). The minimum absolute atomic E-state index is 0.0154. The van der Waals surface area contributed by atoms with Crippen molar-refractivity contribution in [3.63, 3.8) is 0 Å². The van der Waals surface area contributed by atoms with Crippen LogP contribution in [-0.2, 0) is 4.79 Å². The first-order chi connectivity index (χ1) is 9.08. The summed E-state index contributed by atoms with van der Waals surface area (Å²) in [4.78, 5) is 11.1. The third kappa shape index (κ3) is 4.79. The van der Waals surface area contributed by atoms with Crippen LogP contribution in [0.25, 0.3) is 0 Å². The van der Waals surface area contributed by atoms with Crippen LogP contribution >= 0.6 is 0 Å². The number of nitrogens with one attached hydrogen (secondary N) is 1. The summed E-state index contributed by atoms with van der Waals surface area (Å²) in [5, 5.41) is 2.58. The number of carbonyl (C=O) groups excluding carboxylic acids is 1. The quantitative estimate of drug-likeness (QED) is 0.735. The second-order valence-electron chi connectivity index (χ2n) is 4.32. The van der Waals surface area contributed by atoms with E-state index < -0.39 is 0 Å². The zero-order chi connectivity index (χ0) is 14.3. The van der Waals surface area contributed by atoms with Gasteiger partial charge in [-0.15, -0.1) is 0 Å². The fourth-order valence-corrected chi connectivity index (χ4v) is 1.68.